The fourth-order valence-corrected chi connectivity index (χ4v) is 3.91. The van der Waals surface area contributed by atoms with Crippen LogP contribution in [0.4, 0.5) is 5.95 Å². The molecule has 1 aromatic carbocycles. The largest absolute Gasteiger partial charge is 0.341 e. The summed E-state index contributed by atoms with van der Waals surface area (Å²) in [6.45, 7) is 8.78. The summed E-state index contributed by atoms with van der Waals surface area (Å²) in [4.78, 5) is 25.1. The summed E-state index contributed by atoms with van der Waals surface area (Å²) in [7, 11) is 0. The second kappa shape index (κ2) is 8.03. The van der Waals surface area contributed by atoms with E-state index in [2.05, 4.69) is 16.8 Å². The molecule has 0 spiro atoms. The molecule has 0 bridgehead atoms. The van der Waals surface area contributed by atoms with Crippen LogP contribution in [0.25, 0.3) is 16.9 Å². The van der Waals surface area contributed by atoms with Crippen LogP contribution in [0.15, 0.2) is 42.6 Å². The highest BCUT2D eigenvalue weighted by molar-refractivity contribution is 5.73. The second-order valence-corrected chi connectivity index (χ2v) is 7.38. The van der Waals surface area contributed by atoms with Crippen molar-refractivity contribution in [1.82, 2.24) is 24.6 Å². The Bertz CT molecular complexity index is 1010. The fourth-order valence-electron chi connectivity index (χ4n) is 3.91. The Morgan fingerprint density at radius 3 is 2.55 bits per heavy atom. The molecule has 7 nitrogen and oxygen atoms in total. The zero-order valence-electron chi connectivity index (χ0n) is 17.2. The summed E-state index contributed by atoms with van der Waals surface area (Å²) in [5.41, 5.74) is 4.94. The first-order valence-electron chi connectivity index (χ1n) is 10.00. The molecule has 0 N–H and O–H groups in total. The minimum absolute atomic E-state index is 0.126. The van der Waals surface area contributed by atoms with E-state index in [1.54, 1.807) is 6.92 Å². The van der Waals surface area contributed by atoms with E-state index < -0.39 is 0 Å². The number of carbonyl (C=O) groups excluding carboxylic acids is 1. The van der Waals surface area contributed by atoms with E-state index in [9.17, 15) is 4.79 Å². The molecule has 7 heteroatoms. The standard InChI is InChI=1S/C22H26N6O/c1-16-21(17(2)28(25-16)19-8-5-4-6-9-19)20-10-11-23-22(24-20)27-13-7-12-26(14-15-27)18(3)29/h4-6,8-11H,7,12-15H2,1-3H3. The molecule has 2 aromatic heterocycles. The van der Waals surface area contributed by atoms with E-state index >= 15 is 0 Å². The summed E-state index contributed by atoms with van der Waals surface area (Å²) in [5.74, 6) is 0.834. The summed E-state index contributed by atoms with van der Waals surface area (Å²) in [5, 5.41) is 4.74. The zero-order chi connectivity index (χ0) is 20.4. The molecule has 3 heterocycles. The number of aromatic nitrogens is 4. The van der Waals surface area contributed by atoms with E-state index in [1.165, 1.54) is 0 Å². The molecule has 1 saturated heterocycles. The monoisotopic (exact) mass is 390 g/mol. The molecule has 4 rings (SSSR count). The van der Waals surface area contributed by atoms with Crippen LogP contribution in [0, 0.1) is 13.8 Å². The first-order chi connectivity index (χ1) is 14.0. The van der Waals surface area contributed by atoms with Gasteiger partial charge in [0.15, 0.2) is 0 Å². The smallest absolute Gasteiger partial charge is 0.225 e. The van der Waals surface area contributed by atoms with E-state index in [4.69, 9.17) is 10.1 Å². The van der Waals surface area contributed by atoms with Gasteiger partial charge in [-0.3, -0.25) is 4.79 Å². The van der Waals surface area contributed by atoms with Gasteiger partial charge >= 0.3 is 0 Å². The van der Waals surface area contributed by atoms with Gasteiger partial charge in [0.1, 0.15) is 0 Å². The number of carbonyl (C=O) groups is 1. The van der Waals surface area contributed by atoms with Gasteiger partial charge in [-0.25, -0.2) is 14.6 Å². The quantitative estimate of drug-likeness (QED) is 0.688. The third kappa shape index (κ3) is 3.85. The number of anilines is 1. The number of rotatable bonds is 3. The van der Waals surface area contributed by atoms with Crippen LogP contribution in [-0.2, 0) is 4.79 Å². The van der Waals surface area contributed by atoms with E-state index in [0.717, 1.165) is 54.4 Å². The lowest BCUT2D eigenvalue weighted by molar-refractivity contribution is -0.128. The van der Waals surface area contributed by atoms with Crippen molar-refractivity contribution in [2.24, 2.45) is 0 Å². The van der Waals surface area contributed by atoms with Crippen LogP contribution in [0.3, 0.4) is 0 Å². The molecule has 1 aliphatic heterocycles. The van der Waals surface area contributed by atoms with Gasteiger partial charge in [-0.1, -0.05) is 18.2 Å². The topological polar surface area (TPSA) is 67.2 Å². The van der Waals surface area contributed by atoms with Gasteiger partial charge in [0.05, 0.1) is 22.8 Å². The molecule has 0 saturated carbocycles. The highest BCUT2D eigenvalue weighted by Gasteiger charge is 2.20. The van der Waals surface area contributed by atoms with Crippen LogP contribution in [0.1, 0.15) is 24.7 Å². The SMILES string of the molecule is CC(=O)N1CCCN(c2nccc(-c3c(C)nn(-c4ccccc4)c3C)n2)CC1. The van der Waals surface area contributed by atoms with E-state index in [1.807, 2.05) is 59.1 Å². The van der Waals surface area contributed by atoms with Crippen molar-refractivity contribution in [3.05, 3.63) is 54.0 Å². The van der Waals surface area contributed by atoms with Crippen LogP contribution >= 0.6 is 0 Å². The number of hydrogen-bond donors (Lipinski definition) is 0. The van der Waals surface area contributed by atoms with Crippen molar-refractivity contribution in [3.63, 3.8) is 0 Å². The second-order valence-electron chi connectivity index (χ2n) is 7.38. The van der Waals surface area contributed by atoms with Gasteiger partial charge < -0.3 is 9.80 Å². The summed E-state index contributed by atoms with van der Waals surface area (Å²) < 4.78 is 1.96. The Morgan fingerprint density at radius 2 is 1.79 bits per heavy atom. The number of nitrogens with zero attached hydrogens (tertiary/aromatic N) is 6. The van der Waals surface area contributed by atoms with Gasteiger partial charge in [-0.05, 0) is 38.5 Å². The minimum Gasteiger partial charge on any atom is -0.341 e. The van der Waals surface area contributed by atoms with Gasteiger partial charge in [-0.15, -0.1) is 0 Å². The summed E-state index contributed by atoms with van der Waals surface area (Å²) in [6, 6.07) is 12.1. The van der Waals surface area contributed by atoms with Crippen molar-refractivity contribution in [2.75, 3.05) is 31.1 Å². The molecule has 0 unspecified atom stereocenters. The number of hydrogen-bond acceptors (Lipinski definition) is 5. The van der Waals surface area contributed by atoms with Crippen LogP contribution in [0.5, 0.6) is 0 Å². The third-order valence-electron chi connectivity index (χ3n) is 5.42. The van der Waals surface area contributed by atoms with Gasteiger partial charge in [0.2, 0.25) is 11.9 Å². The first-order valence-corrected chi connectivity index (χ1v) is 10.00. The lowest BCUT2D eigenvalue weighted by atomic mass is 10.1. The maximum absolute atomic E-state index is 11.7. The Balaban J connectivity index is 1.65. The Morgan fingerprint density at radius 1 is 1.00 bits per heavy atom. The molecule has 3 aromatic rings. The Kier molecular flexibility index (Phi) is 5.29. The molecule has 0 radical (unpaired) electrons. The van der Waals surface area contributed by atoms with Crippen molar-refractivity contribution in [3.8, 4) is 16.9 Å². The molecule has 0 aliphatic carbocycles. The van der Waals surface area contributed by atoms with Crippen LogP contribution in [-0.4, -0.2) is 56.7 Å². The van der Waals surface area contributed by atoms with Crippen LogP contribution < -0.4 is 4.90 Å². The number of benzene rings is 1. The molecule has 1 fully saturated rings. The van der Waals surface area contributed by atoms with E-state index in [0.29, 0.717) is 12.5 Å². The lowest BCUT2D eigenvalue weighted by Gasteiger charge is -2.21. The number of amides is 1. The lowest BCUT2D eigenvalue weighted by Crippen LogP contribution is -2.34. The van der Waals surface area contributed by atoms with Crippen molar-refractivity contribution in [2.45, 2.75) is 27.2 Å². The predicted octanol–water partition coefficient (Wildman–Crippen LogP) is 3.00. The van der Waals surface area contributed by atoms with Gasteiger partial charge in [0.25, 0.3) is 0 Å². The van der Waals surface area contributed by atoms with Crippen molar-refractivity contribution in [1.29, 1.82) is 0 Å². The van der Waals surface area contributed by atoms with Crippen molar-refractivity contribution >= 4 is 11.9 Å². The normalized spacial score (nSPS) is 14.7. The Labute approximate surface area is 171 Å². The van der Waals surface area contributed by atoms with E-state index in [-0.39, 0.29) is 5.91 Å². The average Bonchev–Trinajstić information content (AvgIpc) is 2.89. The Hall–Kier alpha value is -3.22. The zero-order valence-corrected chi connectivity index (χ0v) is 17.2. The molecular formula is C22H26N6O. The molecule has 29 heavy (non-hydrogen) atoms. The molecule has 150 valence electrons. The average molecular weight is 390 g/mol. The number of aryl methyl sites for hydroxylation is 1. The molecule has 1 aliphatic rings. The van der Waals surface area contributed by atoms with Gasteiger partial charge in [-0.2, -0.15) is 5.10 Å². The third-order valence-corrected chi connectivity index (χ3v) is 5.42. The summed E-state index contributed by atoms with van der Waals surface area (Å²) in [6.07, 6.45) is 2.72. The molecular weight excluding hydrogens is 364 g/mol. The minimum atomic E-state index is 0.126. The maximum atomic E-state index is 11.7. The highest BCUT2D eigenvalue weighted by Crippen LogP contribution is 2.28. The number of para-hydroxylation sites is 1. The maximum Gasteiger partial charge on any atom is 0.225 e. The fraction of sp³-hybridized carbons (Fsp3) is 0.364. The first kappa shape index (κ1) is 19.1. The summed E-state index contributed by atoms with van der Waals surface area (Å²) >= 11 is 0. The molecule has 1 amide bonds. The van der Waals surface area contributed by atoms with Gasteiger partial charge in [0, 0.05) is 44.9 Å². The van der Waals surface area contributed by atoms with Crippen LogP contribution in [0.2, 0.25) is 0 Å². The predicted molar refractivity (Wildman–Crippen MR) is 113 cm³/mol. The highest BCUT2D eigenvalue weighted by atomic mass is 16.2. The molecule has 0 atom stereocenters. The van der Waals surface area contributed by atoms with Crippen molar-refractivity contribution < 1.29 is 4.79 Å².